The van der Waals surface area contributed by atoms with Crippen LogP contribution < -0.4 is 20.3 Å². The molecule has 10 heteroatoms. The van der Waals surface area contributed by atoms with Gasteiger partial charge in [-0.05, 0) is 32.9 Å². The highest BCUT2D eigenvalue weighted by atomic mass is 32.1. The van der Waals surface area contributed by atoms with Gasteiger partial charge in [-0.2, -0.15) is 0 Å². The summed E-state index contributed by atoms with van der Waals surface area (Å²) in [7, 11) is 1.57. The molecule has 1 saturated heterocycles. The first-order valence-electron chi connectivity index (χ1n) is 10.8. The summed E-state index contributed by atoms with van der Waals surface area (Å²) in [5, 5.41) is 6.83. The van der Waals surface area contributed by atoms with E-state index in [0.29, 0.717) is 39.7 Å². The first kappa shape index (κ1) is 21.6. The maximum atomic E-state index is 14.5. The Hall–Kier alpha value is -3.24. The summed E-state index contributed by atoms with van der Waals surface area (Å²) in [6.45, 7) is 7.82. The lowest BCUT2D eigenvalue weighted by molar-refractivity contribution is 0.102. The number of ether oxygens (including phenoxy) is 1. The van der Waals surface area contributed by atoms with Gasteiger partial charge in [0.05, 0.1) is 34.4 Å². The van der Waals surface area contributed by atoms with Crippen molar-refractivity contribution in [2.45, 2.75) is 32.9 Å². The Bertz CT molecular complexity index is 1360. The van der Waals surface area contributed by atoms with Crippen molar-refractivity contribution in [2.24, 2.45) is 0 Å². The number of imidazole rings is 1. The summed E-state index contributed by atoms with van der Waals surface area (Å²) in [5.41, 5.74) is 3.27. The predicted molar refractivity (Wildman–Crippen MR) is 128 cm³/mol. The normalized spacial score (nSPS) is 18.8. The van der Waals surface area contributed by atoms with E-state index >= 15 is 0 Å². The van der Waals surface area contributed by atoms with Crippen LogP contribution in [0.1, 0.15) is 29.9 Å². The molecular weight excluding hydrogens is 443 g/mol. The molecule has 1 fully saturated rings. The Labute approximate surface area is 194 Å². The van der Waals surface area contributed by atoms with Crippen LogP contribution in [0, 0.1) is 12.7 Å². The van der Waals surface area contributed by atoms with Crippen LogP contribution in [0.15, 0.2) is 30.6 Å². The second-order valence-electron chi connectivity index (χ2n) is 8.51. The molecule has 5 rings (SSSR count). The Kier molecular flexibility index (Phi) is 5.41. The van der Waals surface area contributed by atoms with E-state index in [1.54, 1.807) is 36.9 Å². The van der Waals surface area contributed by atoms with Crippen molar-refractivity contribution >= 4 is 44.5 Å². The number of carbonyl (C=O) groups excluding carboxylic acids is 1. The number of methoxy groups -OCH3 is 1. The number of hydrogen-bond donors (Lipinski definition) is 2. The van der Waals surface area contributed by atoms with E-state index in [0.717, 1.165) is 23.5 Å². The Morgan fingerprint density at radius 1 is 1.24 bits per heavy atom. The first-order chi connectivity index (χ1) is 15.8. The van der Waals surface area contributed by atoms with E-state index in [-0.39, 0.29) is 11.6 Å². The third kappa shape index (κ3) is 4.00. The molecule has 172 valence electrons. The van der Waals surface area contributed by atoms with Gasteiger partial charge in [0.15, 0.2) is 11.5 Å². The van der Waals surface area contributed by atoms with Gasteiger partial charge in [-0.3, -0.25) is 4.79 Å². The van der Waals surface area contributed by atoms with Gasteiger partial charge in [0, 0.05) is 43.6 Å². The van der Waals surface area contributed by atoms with Gasteiger partial charge in [0.2, 0.25) is 0 Å². The number of aryl methyl sites for hydroxylation is 1. The second kappa shape index (κ2) is 8.27. The predicted octanol–water partition coefficient (Wildman–Crippen LogP) is 3.84. The van der Waals surface area contributed by atoms with E-state index in [1.807, 2.05) is 6.07 Å². The maximum absolute atomic E-state index is 14.5. The third-order valence-corrected chi connectivity index (χ3v) is 6.74. The molecule has 0 spiro atoms. The molecule has 33 heavy (non-hydrogen) atoms. The van der Waals surface area contributed by atoms with Crippen LogP contribution in [-0.2, 0) is 0 Å². The number of carbonyl (C=O) groups is 1. The minimum atomic E-state index is -0.501. The number of hydrogen-bond acceptors (Lipinski definition) is 7. The zero-order chi connectivity index (χ0) is 23.3. The van der Waals surface area contributed by atoms with Crippen LogP contribution >= 0.6 is 11.3 Å². The molecule has 0 saturated carbocycles. The lowest BCUT2D eigenvalue weighted by atomic mass is 10.1. The van der Waals surface area contributed by atoms with E-state index < -0.39 is 5.82 Å². The standard InChI is InChI=1S/C23H25FN6O2S/c1-12-8-29(9-13(2)25-12)18-6-5-16(19-20(18)33-23(28-19)32-4)22(31)27-15-7-17(24)21-26-14(3)10-30(21)11-15/h5-7,10-13,25H,8-9H2,1-4H3,(H,27,31). The highest BCUT2D eigenvalue weighted by Gasteiger charge is 2.26. The van der Waals surface area contributed by atoms with Gasteiger partial charge in [-0.15, -0.1) is 0 Å². The van der Waals surface area contributed by atoms with Crippen molar-refractivity contribution in [3.05, 3.63) is 47.7 Å². The summed E-state index contributed by atoms with van der Waals surface area (Å²) >= 11 is 1.42. The number of halogens is 1. The molecule has 3 aromatic heterocycles. The molecule has 2 N–H and O–H groups in total. The number of benzene rings is 1. The van der Waals surface area contributed by atoms with Gasteiger partial charge in [0.25, 0.3) is 11.1 Å². The average molecular weight is 469 g/mol. The number of nitrogens with zero attached hydrogens (tertiary/aromatic N) is 4. The number of aromatic nitrogens is 3. The second-order valence-corrected chi connectivity index (χ2v) is 9.47. The summed E-state index contributed by atoms with van der Waals surface area (Å²) < 4.78 is 22.3. The van der Waals surface area contributed by atoms with Crippen LogP contribution in [-0.4, -0.2) is 52.6 Å². The van der Waals surface area contributed by atoms with E-state index in [1.165, 1.54) is 17.4 Å². The number of pyridine rings is 1. The summed E-state index contributed by atoms with van der Waals surface area (Å²) in [6.07, 6.45) is 3.36. The molecule has 4 heterocycles. The number of anilines is 2. The number of rotatable bonds is 4. The maximum Gasteiger partial charge on any atom is 0.274 e. The summed E-state index contributed by atoms with van der Waals surface area (Å²) in [6, 6.07) is 5.70. The topological polar surface area (TPSA) is 83.8 Å². The van der Waals surface area contributed by atoms with Gasteiger partial charge in [0.1, 0.15) is 5.52 Å². The molecule has 0 aliphatic carbocycles. The zero-order valence-corrected chi connectivity index (χ0v) is 19.7. The number of piperazine rings is 1. The van der Waals surface area contributed by atoms with Crippen molar-refractivity contribution < 1.29 is 13.9 Å². The van der Waals surface area contributed by atoms with Gasteiger partial charge in [-0.1, -0.05) is 11.3 Å². The van der Waals surface area contributed by atoms with Crippen molar-refractivity contribution in [1.82, 2.24) is 19.7 Å². The molecule has 2 atom stereocenters. The van der Waals surface area contributed by atoms with Gasteiger partial charge < -0.3 is 24.7 Å². The minimum absolute atomic E-state index is 0.223. The fourth-order valence-corrected chi connectivity index (χ4v) is 5.41. The van der Waals surface area contributed by atoms with E-state index in [4.69, 9.17) is 4.74 Å². The Morgan fingerprint density at radius 3 is 2.73 bits per heavy atom. The lowest BCUT2D eigenvalue weighted by Crippen LogP contribution is -2.54. The quantitative estimate of drug-likeness (QED) is 0.474. The molecular formula is C23H25FN6O2S. The average Bonchev–Trinajstić information content (AvgIpc) is 3.35. The fraction of sp³-hybridized carbons (Fsp3) is 0.348. The SMILES string of the molecule is COc1nc2c(C(=O)Nc3cc(F)c4nc(C)cn4c3)ccc(N3CC(C)NC(C)C3)c2s1. The lowest BCUT2D eigenvalue weighted by Gasteiger charge is -2.37. The largest absolute Gasteiger partial charge is 0.473 e. The van der Waals surface area contributed by atoms with Crippen molar-refractivity contribution in [1.29, 1.82) is 0 Å². The summed E-state index contributed by atoms with van der Waals surface area (Å²) in [5.74, 6) is -0.865. The van der Waals surface area contributed by atoms with E-state index in [2.05, 4.69) is 39.3 Å². The first-order valence-corrected chi connectivity index (χ1v) is 11.6. The molecule has 4 aromatic rings. The fourth-order valence-electron chi connectivity index (χ4n) is 4.46. The Morgan fingerprint density at radius 2 is 2.00 bits per heavy atom. The van der Waals surface area contributed by atoms with E-state index in [9.17, 15) is 9.18 Å². The number of thiazole rings is 1. The number of amides is 1. The van der Waals surface area contributed by atoms with Crippen molar-refractivity contribution in [3.63, 3.8) is 0 Å². The molecule has 0 bridgehead atoms. The van der Waals surface area contributed by atoms with Gasteiger partial charge in [-0.25, -0.2) is 14.4 Å². The molecule has 1 aliphatic heterocycles. The molecule has 8 nitrogen and oxygen atoms in total. The summed E-state index contributed by atoms with van der Waals surface area (Å²) in [4.78, 5) is 24.2. The zero-order valence-electron chi connectivity index (χ0n) is 18.8. The molecule has 0 radical (unpaired) electrons. The highest BCUT2D eigenvalue weighted by Crippen LogP contribution is 2.38. The number of fused-ring (bicyclic) bond motifs is 2. The van der Waals surface area contributed by atoms with Crippen LogP contribution in [0.4, 0.5) is 15.8 Å². The molecule has 1 aromatic carbocycles. The van der Waals surface area contributed by atoms with Crippen LogP contribution in [0.25, 0.3) is 15.9 Å². The minimum Gasteiger partial charge on any atom is -0.473 e. The highest BCUT2D eigenvalue weighted by molar-refractivity contribution is 7.21. The number of nitrogens with one attached hydrogen (secondary N) is 2. The van der Waals surface area contributed by atoms with Crippen molar-refractivity contribution in [2.75, 3.05) is 30.4 Å². The van der Waals surface area contributed by atoms with Crippen LogP contribution in [0.5, 0.6) is 5.19 Å². The molecule has 1 amide bonds. The smallest absolute Gasteiger partial charge is 0.274 e. The molecule has 1 aliphatic rings. The van der Waals surface area contributed by atoms with Crippen LogP contribution in [0.2, 0.25) is 0 Å². The monoisotopic (exact) mass is 468 g/mol. The third-order valence-electron chi connectivity index (χ3n) is 5.71. The molecule has 2 unspecified atom stereocenters. The Balaban J connectivity index is 1.52. The van der Waals surface area contributed by atoms with Gasteiger partial charge >= 0.3 is 0 Å². The van der Waals surface area contributed by atoms with Crippen molar-refractivity contribution in [3.8, 4) is 5.19 Å². The van der Waals surface area contributed by atoms with Crippen LogP contribution in [0.3, 0.4) is 0 Å².